The van der Waals surface area contributed by atoms with Crippen LogP contribution in [-0.4, -0.2) is 50.9 Å². The van der Waals surface area contributed by atoms with E-state index in [0.717, 1.165) is 0 Å². The number of rotatable bonds is 22. The third-order valence-corrected chi connectivity index (χ3v) is 6.23. The van der Waals surface area contributed by atoms with Crippen LogP contribution in [0.2, 0.25) is 0 Å². The van der Waals surface area contributed by atoms with Gasteiger partial charge in [-0.3, -0.25) is 0 Å². The first-order chi connectivity index (χ1) is 15.1. The van der Waals surface area contributed by atoms with Crippen LogP contribution < -0.4 is 0 Å². The summed E-state index contributed by atoms with van der Waals surface area (Å²) in [5.74, 6) is 0. The molecule has 0 N–H and O–H groups in total. The van der Waals surface area contributed by atoms with E-state index in [4.69, 9.17) is 13.0 Å². The minimum Gasteiger partial charge on any atom is -0.748 e. The van der Waals surface area contributed by atoms with Gasteiger partial charge < -0.3 is 9.04 Å². The molecule has 4 nitrogen and oxygen atoms in total. The molecule has 0 unspecified atom stereocenters. The normalized spacial score (nSPS) is 11.9. The highest BCUT2D eigenvalue weighted by Crippen LogP contribution is 2.14. The molecule has 0 aliphatic heterocycles. The summed E-state index contributed by atoms with van der Waals surface area (Å²) in [6, 6.07) is 0. The lowest BCUT2D eigenvalue weighted by Gasteiger charge is -2.30. The minimum absolute atomic E-state index is 0.604. The van der Waals surface area contributed by atoms with Crippen molar-refractivity contribution in [3.63, 3.8) is 0 Å². The van der Waals surface area contributed by atoms with Crippen molar-refractivity contribution < 1.29 is 17.5 Å². The summed E-state index contributed by atoms with van der Waals surface area (Å²) in [5, 5.41) is 0. The maximum absolute atomic E-state index is 9.08. The van der Waals surface area contributed by atoms with Crippen LogP contribution in [0, 0.1) is 0 Å². The molecule has 0 aliphatic carbocycles. The molecule has 5 heteroatoms. The number of unbranched alkanes of at least 4 members (excludes halogenated alkanes) is 18. The molecule has 0 saturated carbocycles. The molecular weight excluding hydrogens is 418 g/mol. The van der Waals surface area contributed by atoms with E-state index in [1.165, 1.54) is 146 Å². The predicted molar refractivity (Wildman–Crippen MR) is 141 cm³/mol. The van der Waals surface area contributed by atoms with Crippen LogP contribution in [0.5, 0.6) is 0 Å². The Hall–Kier alpha value is -0.130. The standard InChI is InChI=1S/C26H56N.CH4O3S/c1-5-7-9-11-13-15-17-19-21-23-25-27(3,4)26-24-22-20-18-16-14-12-10-8-6-2;1-5(2,3)4/h5-26H2,1-4H3;1H3,(H,2,3,4)/q+1;/p-1. The van der Waals surface area contributed by atoms with E-state index in [-0.39, 0.29) is 0 Å². The van der Waals surface area contributed by atoms with E-state index in [2.05, 4.69) is 27.9 Å². The molecule has 0 atom stereocenters. The van der Waals surface area contributed by atoms with Crippen molar-refractivity contribution in [3.05, 3.63) is 0 Å². The van der Waals surface area contributed by atoms with Crippen LogP contribution in [0.3, 0.4) is 0 Å². The van der Waals surface area contributed by atoms with E-state index in [1.54, 1.807) is 0 Å². The van der Waals surface area contributed by atoms with Crippen molar-refractivity contribution in [1.82, 2.24) is 0 Å². The zero-order valence-corrected chi connectivity index (χ0v) is 23.5. The molecule has 0 saturated heterocycles. The van der Waals surface area contributed by atoms with Gasteiger partial charge in [0.25, 0.3) is 0 Å². The van der Waals surface area contributed by atoms with Crippen molar-refractivity contribution in [1.29, 1.82) is 0 Å². The fourth-order valence-electron chi connectivity index (χ4n) is 4.17. The summed E-state index contributed by atoms with van der Waals surface area (Å²) in [4.78, 5) is 0. The van der Waals surface area contributed by atoms with Crippen LogP contribution in [-0.2, 0) is 10.1 Å². The van der Waals surface area contributed by atoms with E-state index in [0.29, 0.717) is 6.26 Å². The molecule has 0 aromatic carbocycles. The molecule has 0 aromatic heterocycles. The zero-order chi connectivity index (χ0) is 24.6. The first-order valence-electron chi connectivity index (χ1n) is 13.8. The second kappa shape index (κ2) is 24.0. The van der Waals surface area contributed by atoms with Gasteiger partial charge in [0, 0.05) is 6.26 Å². The highest BCUT2D eigenvalue weighted by atomic mass is 32.2. The molecule has 0 radical (unpaired) electrons. The van der Waals surface area contributed by atoms with Gasteiger partial charge in [-0.15, -0.1) is 0 Å². The fraction of sp³-hybridized carbons (Fsp3) is 1.00. The molecule has 0 aliphatic rings. The number of quaternary nitrogens is 1. The van der Waals surface area contributed by atoms with Crippen LogP contribution >= 0.6 is 0 Å². The second-order valence-electron chi connectivity index (χ2n) is 10.5. The lowest BCUT2D eigenvalue weighted by Crippen LogP contribution is -2.41. The van der Waals surface area contributed by atoms with Crippen molar-refractivity contribution >= 4 is 10.1 Å². The Labute approximate surface area is 203 Å². The zero-order valence-electron chi connectivity index (χ0n) is 22.6. The van der Waals surface area contributed by atoms with Crippen molar-refractivity contribution in [2.24, 2.45) is 0 Å². The maximum atomic E-state index is 9.08. The summed E-state index contributed by atoms with van der Waals surface area (Å²) in [6.07, 6.45) is 29.6. The first kappa shape index (κ1) is 34.0. The van der Waals surface area contributed by atoms with Gasteiger partial charge in [-0.2, -0.15) is 0 Å². The Morgan fingerprint density at radius 3 is 0.906 bits per heavy atom. The van der Waals surface area contributed by atoms with Gasteiger partial charge in [0.1, 0.15) is 0 Å². The summed E-state index contributed by atoms with van der Waals surface area (Å²) in [7, 11) is 0.975. The smallest absolute Gasteiger partial charge is 0.0916 e. The largest absolute Gasteiger partial charge is 0.748 e. The average molecular weight is 478 g/mol. The fourth-order valence-corrected chi connectivity index (χ4v) is 4.17. The van der Waals surface area contributed by atoms with Crippen molar-refractivity contribution in [3.8, 4) is 0 Å². The van der Waals surface area contributed by atoms with E-state index < -0.39 is 10.1 Å². The summed E-state index contributed by atoms with van der Waals surface area (Å²) < 4.78 is 28.5. The topological polar surface area (TPSA) is 57.2 Å². The average Bonchev–Trinajstić information content (AvgIpc) is 2.69. The Morgan fingerprint density at radius 1 is 0.500 bits per heavy atom. The number of hydrogen-bond donors (Lipinski definition) is 0. The highest BCUT2D eigenvalue weighted by molar-refractivity contribution is 7.84. The van der Waals surface area contributed by atoms with Crippen molar-refractivity contribution in [2.75, 3.05) is 33.4 Å². The van der Waals surface area contributed by atoms with Gasteiger partial charge in [0.05, 0.1) is 37.3 Å². The molecule has 0 bridgehead atoms. The summed E-state index contributed by atoms with van der Waals surface area (Å²) >= 11 is 0. The first-order valence-corrected chi connectivity index (χ1v) is 15.7. The van der Waals surface area contributed by atoms with E-state index in [9.17, 15) is 0 Å². The lowest BCUT2D eigenvalue weighted by molar-refractivity contribution is -0.890. The summed E-state index contributed by atoms with van der Waals surface area (Å²) in [6.45, 7) is 7.37. The van der Waals surface area contributed by atoms with Gasteiger partial charge in [0.15, 0.2) is 0 Å². The van der Waals surface area contributed by atoms with E-state index in [1.807, 2.05) is 0 Å². The van der Waals surface area contributed by atoms with Gasteiger partial charge in [-0.25, -0.2) is 8.42 Å². The molecule has 0 spiro atoms. The third-order valence-electron chi connectivity index (χ3n) is 6.23. The molecular formula is C27H59NO3S. The molecule has 0 fully saturated rings. The molecule has 196 valence electrons. The van der Waals surface area contributed by atoms with Crippen LogP contribution in [0.1, 0.15) is 142 Å². The monoisotopic (exact) mass is 477 g/mol. The maximum Gasteiger partial charge on any atom is 0.0916 e. The number of hydrogen-bond acceptors (Lipinski definition) is 3. The van der Waals surface area contributed by atoms with Crippen LogP contribution in [0.4, 0.5) is 0 Å². The Bertz CT molecular complexity index is 430. The van der Waals surface area contributed by atoms with E-state index >= 15 is 0 Å². The Balaban J connectivity index is 0. The van der Waals surface area contributed by atoms with Crippen LogP contribution in [0.25, 0.3) is 0 Å². The van der Waals surface area contributed by atoms with Crippen molar-refractivity contribution in [2.45, 2.75) is 142 Å². The third kappa shape index (κ3) is 37.2. The Kier molecular flexibility index (Phi) is 25.5. The number of nitrogens with zero attached hydrogens (tertiary/aromatic N) is 1. The lowest BCUT2D eigenvalue weighted by atomic mass is 10.1. The van der Waals surface area contributed by atoms with Crippen LogP contribution in [0.15, 0.2) is 0 Å². The predicted octanol–water partition coefficient (Wildman–Crippen LogP) is 8.07. The minimum atomic E-state index is -3.92. The van der Waals surface area contributed by atoms with Gasteiger partial charge in [-0.05, 0) is 25.7 Å². The second-order valence-corrected chi connectivity index (χ2v) is 11.9. The molecule has 32 heavy (non-hydrogen) atoms. The molecule has 0 heterocycles. The summed E-state index contributed by atoms with van der Waals surface area (Å²) in [5.41, 5.74) is 0. The Morgan fingerprint density at radius 2 is 0.688 bits per heavy atom. The molecule has 0 amide bonds. The quantitative estimate of drug-likeness (QED) is 0.0899. The van der Waals surface area contributed by atoms with Gasteiger partial charge >= 0.3 is 0 Å². The highest BCUT2D eigenvalue weighted by Gasteiger charge is 2.13. The van der Waals surface area contributed by atoms with Gasteiger partial charge in [-0.1, -0.05) is 117 Å². The van der Waals surface area contributed by atoms with Gasteiger partial charge in [0.2, 0.25) is 0 Å². The molecule has 0 rings (SSSR count). The molecule has 0 aromatic rings. The SMILES string of the molecule is CCCCCCCCCCCC[N+](C)(C)CCCCCCCCCCCC.CS(=O)(=O)[O-].